The first-order valence-electron chi connectivity index (χ1n) is 5.32. The van der Waals surface area contributed by atoms with Crippen LogP contribution >= 0.6 is 8.03 Å². The fourth-order valence-electron chi connectivity index (χ4n) is 1.33. The second kappa shape index (κ2) is 8.65. The molecule has 0 saturated heterocycles. The van der Waals surface area contributed by atoms with Crippen molar-refractivity contribution in [1.29, 1.82) is 0 Å². The molecule has 3 heteroatoms. The van der Waals surface area contributed by atoms with E-state index in [0.29, 0.717) is 0 Å². The van der Waals surface area contributed by atoms with Crippen molar-refractivity contribution < 1.29 is 9.46 Å². The van der Waals surface area contributed by atoms with Crippen LogP contribution in [0, 0.1) is 0 Å². The molecule has 0 aliphatic rings. The molecule has 0 aromatic heterocycles. The molecule has 0 heterocycles. The lowest BCUT2D eigenvalue weighted by molar-refractivity contribution is -0.166. The highest BCUT2D eigenvalue weighted by Crippen LogP contribution is 2.22. The average Bonchev–Trinajstić information content (AvgIpc) is 2.10. The van der Waals surface area contributed by atoms with Gasteiger partial charge in [0.25, 0.3) is 0 Å². The SMILES string of the molecule is CCCCCCCCC(C)[P+](=O)[O-]. The van der Waals surface area contributed by atoms with Crippen molar-refractivity contribution in [2.45, 2.75) is 64.5 Å². The van der Waals surface area contributed by atoms with Crippen LogP contribution in [0.25, 0.3) is 0 Å². The van der Waals surface area contributed by atoms with E-state index in [1.165, 1.54) is 32.1 Å². The minimum Gasteiger partial charge on any atom is -0.595 e. The lowest BCUT2D eigenvalue weighted by Crippen LogP contribution is -2.03. The van der Waals surface area contributed by atoms with E-state index in [0.717, 1.165) is 12.8 Å². The van der Waals surface area contributed by atoms with Crippen LogP contribution in [0.5, 0.6) is 0 Å². The third-order valence-corrected chi connectivity index (χ3v) is 3.31. The van der Waals surface area contributed by atoms with E-state index in [-0.39, 0.29) is 5.66 Å². The summed E-state index contributed by atoms with van der Waals surface area (Å²) in [6.07, 6.45) is 8.23. The predicted molar refractivity (Wildman–Crippen MR) is 55.1 cm³/mol. The summed E-state index contributed by atoms with van der Waals surface area (Å²) in [5.41, 5.74) is -0.124. The summed E-state index contributed by atoms with van der Waals surface area (Å²) in [6.45, 7) is 3.99. The van der Waals surface area contributed by atoms with E-state index in [1.54, 1.807) is 6.92 Å². The van der Waals surface area contributed by atoms with Gasteiger partial charge in [-0.15, -0.1) is 0 Å². The van der Waals surface area contributed by atoms with E-state index >= 15 is 0 Å². The molecule has 0 fully saturated rings. The lowest BCUT2D eigenvalue weighted by Gasteiger charge is -2.02. The Morgan fingerprint density at radius 2 is 1.69 bits per heavy atom. The topological polar surface area (TPSA) is 40.1 Å². The Labute approximate surface area is 82.6 Å². The van der Waals surface area contributed by atoms with Crippen molar-refractivity contribution >= 4 is 8.03 Å². The second-order valence-electron chi connectivity index (χ2n) is 3.69. The largest absolute Gasteiger partial charge is 0.595 e. The Kier molecular flexibility index (Phi) is 8.69. The molecule has 0 saturated carbocycles. The number of rotatable bonds is 8. The van der Waals surface area contributed by atoms with Gasteiger partial charge in [-0.3, -0.25) is 0 Å². The molecule has 0 radical (unpaired) electrons. The highest BCUT2D eigenvalue weighted by atomic mass is 31.1. The molecule has 0 aromatic rings. The van der Waals surface area contributed by atoms with E-state index in [4.69, 9.17) is 0 Å². The van der Waals surface area contributed by atoms with Crippen molar-refractivity contribution in [3.63, 3.8) is 0 Å². The monoisotopic (exact) mass is 204 g/mol. The fraction of sp³-hybridized carbons (Fsp3) is 1.00. The normalized spacial score (nSPS) is 14.2. The average molecular weight is 204 g/mol. The summed E-state index contributed by atoms with van der Waals surface area (Å²) >= 11 is 0. The standard InChI is InChI=1S/C10H21O2P/c1-3-4-5-6-7-8-9-10(2)13(11)12/h10H,3-9H2,1-2H3. The molecular formula is C10H21O2P. The van der Waals surface area contributed by atoms with Gasteiger partial charge in [0.05, 0.1) is 0 Å². The zero-order valence-corrected chi connectivity index (χ0v) is 9.69. The van der Waals surface area contributed by atoms with Gasteiger partial charge < -0.3 is 4.89 Å². The van der Waals surface area contributed by atoms with Crippen LogP contribution in [-0.2, 0) is 4.57 Å². The van der Waals surface area contributed by atoms with Crippen molar-refractivity contribution in [3.05, 3.63) is 0 Å². The van der Waals surface area contributed by atoms with Crippen molar-refractivity contribution in [2.75, 3.05) is 0 Å². The molecule has 0 rings (SSSR count). The zero-order chi connectivity index (χ0) is 10.1. The first-order chi connectivity index (χ1) is 6.18. The fourth-order valence-corrected chi connectivity index (χ4v) is 1.72. The molecule has 13 heavy (non-hydrogen) atoms. The van der Waals surface area contributed by atoms with Crippen molar-refractivity contribution in [3.8, 4) is 0 Å². The van der Waals surface area contributed by atoms with Crippen LogP contribution in [0.1, 0.15) is 58.8 Å². The third kappa shape index (κ3) is 8.39. The molecular weight excluding hydrogens is 183 g/mol. The smallest absolute Gasteiger partial charge is 0.311 e. The molecule has 2 unspecified atom stereocenters. The molecule has 2 nitrogen and oxygen atoms in total. The van der Waals surface area contributed by atoms with E-state index in [1.807, 2.05) is 0 Å². The van der Waals surface area contributed by atoms with Gasteiger partial charge in [0.2, 0.25) is 0 Å². The van der Waals surface area contributed by atoms with Gasteiger partial charge in [-0.1, -0.05) is 43.6 Å². The second-order valence-corrected chi connectivity index (χ2v) is 5.14. The van der Waals surface area contributed by atoms with Crippen LogP contribution in [0.3, 0.4) is 0 Å². The molecule has 2 atom stereocenters. The molecule has 0 aliphatic heterocycles. The Balaban J connectivity index is 3.11. The maximum atomic E-state index is 10.5. The summed E-state index contributed by atoms with van der Waals surface area (Å²) in [4.78, 5) is 10.5. The van der Waals surface area contributed by atoms with E-state index < -0.39 is 8.03 Å². The number of unbranched alkanes of at least 4 members (excludes halogenated alkanes) is 5. The first-order valence-corrected chi connectivity index (χ1v) is 6.56. The highest BCUT2D eigenvalue weighted by molar-refractivity contribution is 7.37. The van der Waals surface area contributed by atoms with Crippen LogP contribution in [0.4, 0.5) is 0 Å². The highest BCUT2D eigenvalue weighted by Gasteiger charge is 2.13. The summed E-state index contributed by atoms with van der Waals surface area (Å²) in [5, 5.41) is 0. The molecule has 0 aliphatic carbocycles. The summed E-state index contributed by atoms with van der Waals surface area (Å²) in [7, 11) is -2.19. The Bertz CT molecular complexity index is 137. The van der Waals surface area contributed by atoms with E-state index in [9.17, 15) is 9.46 Å². The summed E-state index contributed by atoms with van der Waals surface area (Å²) in [5.74, 6) is 0. The molecule has 0 N–H and O–H groups in total. The minimum atomic E-state index is -2.19. The summed E-state index contributed by atoms with van der Waals surface area (Å²) < 4.78 is 10.5. The van der Waals surface area contributed by atoms with Gasteiger partial charge >= 0.3 is 8.03 Å². The van der Waals surface area contributed by atoms with Gasteiger partial charge in [0.1, 0.15) is 5.66 Å². The predicted octanol–water partition coefficient (Wildman–Crippen LogP) is 3.23. The van der Waals surface area contributed by atoms with Crippen molar-refractivity contribution in [1.82, 2.24) is 0 Å². The lowest BCUT2D eigenvalue weighted by atomic mass is 10.1. The maximum absolute atomic E-state index is 10.5. The van der Waals surface area contributed by atoms with Crippen molar-refractivity contribution in [2.24, 2.45) is 0 Å². The summed E-state index contributed by atoms with van der Waals surface area (Å²) in [6, 6.07) is 0. The van der Waals surface area contributed by atoms with Crippen LogP contribution in [0.15, 0.2) is 0 Å². The molecule has 0 spiro atoms. The number of hydrogen-bond donors (Lipinski definition) is 0. The van der Waals surface area contributed by atoms with Gasteiger partial charge in [-0.05, 0) is 19.8 Å². The minimum absolute atomic E-state index is 0.124. The quantitative estimate of drug-likeness (QED) is 0.450. The molecule has 78 valence electrons. The molecule has 0 bridgehead atoms. The van der Waals surface area contributed by atoms with Gasteiger partial charge in [-0.2, -0.15) is 0 Å². The van der Waals surface area contributed by atoms with Crippen LogP contribution in [-0.4, -0.2) is 5.66 Å². The Morgan fingerprint density at radius 3 is 2.23 bits per heavy atom. The van der Waals surface area contributed by atoms with Crippen LogP contribution < -0.4 is 4.89 Å². The molecule has 0 aromatic carbocycles. The number of hydrogen-bond acceptors (Lipinski definition) is 2. The van der Waals surface area contributed by atoms with Gasteiger partial charge in [-0.25, -0.2) is 0 Å². The van der Waals surface area contributed by atoms with Crippen LogP contribution in [0.2, 0.25) is 0 Å². The third-order valence-electron chi connectivity index (χ3n) is 2.34. The van der Waals surface area contributed by atoms with Gasteiger partial charge in [0.15, 0.2) is 0 Å². The Hall–Kier alpha value is 0.0600. The maximum Gasteiger partial charge on any atom is 0.311 e. The van der Waals surface area contributed by atoms with Gasteiger partial charge in [0, 0.05) is 0 Å². The van der Waals surface area contributed by atoms with E-state index in [2.05, 4.69) is 6.92 Å². The molecule has 0 amide bonds. The first kappa shape index (κ1) is 13.1. The Morgan fingerprint density at radius 1 is 1.15 bits per heavy atom. The zero-order valence-electron chi connectivity index (χ0n) is 8.79.